The molecule has 0 aliphatic carbocycles. The molecular weight excluding hydrogens is 372 g/mol. The van der Waals surface area contributed by atoms with Gasteiger partial charge in [0.25, 0.3) is 0 Å². The summed E-state index contributed by atoms with van der Waals surface area (Å²) in [6, 6.07) is 16.6. The van der Waals surface area contributed by atoms with Crippen LogP contribution in [0.4, 0.5) is 0 Å². The molecule has 0 unspecified atom stereocenters. The number of amides is 2. The zero-order valence-electron chi connectivity index (χ0n) is 16.8. The van der Waals surface area contributed by atoms with Gasteiger partial charge in [0, 0.05) is 31.0 Å². The summed E-state index contributed by atoms with van der Waals surface area (Å²) in [4.78, 5) is 27.5. The first kappa shape index (κ1) is 22.0. The lowest BCUT2D eigenvalue weighted by molar-refractivity contribution is -0.141. The average molecular weight is 401 g/mol. The molecular formula is C23H29ClN2O2. The largest absolute Gasteiger partial charge is 0.354 e. The Morgan fingerprint density at radius 1 is 1.04 bits per heavy atom. The van der Waals surface area contributed by atoms with Crippen molar-refractivity contribution in [3.05, 3.63) is 70.7 Å². The Bertz CT molecular complexity index is 777. The molecule has 4 nitrogen and oxygen atoms in total. The number of rotatable bonds is 9. The van der Waals surface area contributed by atoms with E-state index >= 15 is 0 Å². The van der Waals surface area contributed by atoms with E-state index in [1.54, 1.807) is 11.0 Å². The Balaban J connectivity index is 2.34. The van der Waals surface area contributed by atoms with Crippen LogP contribution in [0.3, 0.4) is 0 Å². The van der Waals surface area contributed by atoms with Crippen LogP contribution >= 0.6 is 11.6 Å². The lowest BCUT2D eigenvalue weighted by atomic mass is 10.0. The van der Waals surface area contributed by atoms with Crippen LogP contribution in [-0.2, 0) is 22.6 Å². The minimum atomic E-state index is -0.593. The van der Waals surface area contributed by atoms with E-state index in [4.69, 9.17) is 11.6 Å². The van der Waals surface area contributed by atoms with Crippen molar-refractivity contribution in [2.24, 2.45) is 5.92 Å². The van der Waals surface area contributed by atoms with E-state index in [-0.39, 0.29) is 11.8 Å². The molecule has 150 valence electrons. The lowest BCUT2D eigenvalue weighted by Crippen LogP contribution is -2.50. The van der Waals surface area contributed by atoms with E-state index in [9.17, 15) is 9.59 Å². The molecule has 0 aromatic heterocycles. The second-order valence-electron chi connectivity index (χ2n) is 7.31. The van der Waals surface area contributed by atoms with E-state index < -0.39 is 6.04 Å². The number of nitrogens with one attached hydrogen (secondary N) is 1. The van der Waals surface area contributed by atoms with Crippen molar-refractivity contribution in [3.63, 3.8) is 0 Å². The Morgan fingerprint density at radius 2 is 1.68 bits per heavy atom. The van der Waals surface area contributed by atoms with E-state index in [2.05, 4.69) is 5.32 Å². The number of nitrogens with zero attached hydrogens (tertiary/aromatic N) is 1. The van der Waals surface area contributed by atoms with Gasteiger partial charge in [-0.15, -0.1) is 0 Å². The number of carbonyl (C=O) groups excluding carboxylic acids is 2. The molecule has 1 atom stereocenters. The molecule has 2 aromatic carbocycles. The highest BCUT2D eigenvalue weighted by atomic mass is 35.5. The lowest BCUT2D eigenvalue weighted by Gasteiger charge is -2.31. The molecule has 0 fully saturated rings. The number of carbonyl (C=O) groups is 2. The molecule has 0 radical (unpaired) electrons. The topological polar surface area (TPSA) is 49.4 Å². The SMILES string of the molecule is CCC(=O)N(Cc1ccccc1Cl)[C@H](Cc1ccccc1)C(=O)NCC(C)C. The van der Waals surface area contributed by atoms with E-state index in [0.717, 1.165) is 11.1 Å². The van der Waals surface area contributed by atoms with Gasteiger partial charge in [0.2, 0.25) is 11.8 Å². The van der Waals surface area contributed by atoms with Gasteiger partial charge in [0.05, 0.1) is 0 Å². The molecule has 0 heterocycles. The van der Waals surface area contributed by atoms with Crippen molar-refractivity contribution in [2.45, 2.75) is 46.2 Å². The molecule has 28 heavy (non-hydrogen) atoms. The standard InChI is InChI=1S/C23H29ClN2O2/c1-4-22(27)26(16-19-12-8-9-13-20(19)24)21(23(28)25-15-17(2)3)14-18-10-6-5-7-11-18/h5-13,17,21H,4,14-16H2,1-3H3,(H,25,28)/t21-/m1/s1. The first-order valence-corrected chi connectivity index (χ1v) is 10.1. The number of hydrogen-bond donors (Lipinski definition) is 1. The third kappa shape index (κ3) is 6.38. The summed E-state index contributed by atoms with van der Waals surface area (Å²) in [5.41, 5.74) is 1.85. The summed E-state index contributed by atoms with van der Waals surface area (Å²) in [5, 5.41) is 3.59. The summed E-state index contributed by atoms with van der Waals surface area (Å²) in [7, 11) is 0. The van der Waals surface area contributed by atoms with Crippen molar-refractivity contribution in [3.8, 4) is 0 Å². The minimum absolute atomic E-state index is 0.0689. The van der Waals surface area contributed by atoms with Crippen LogP contribution in [-0.4, -0.2) is 29.3 Å². The van der Waals surface area contributed by atoms with Crippen LogP contribution in [0, 0.1) is 5.92 Å². The molecule has 0 spiro atoms. The molecule has 0 saturated carbocycles. The number of hydrogen-bond acceptors (Lipinski definition) is 2. The molecule has 0 aliphatic rings. The van der Waals surface area contributed by atoms with Gasteiger partial charge >= 0.3 is 0 Å². The zero-order valence-corrected chi connectivity index (χ0v) is 17.6. The van der Waals surface area contributed by atoms with Gasteiger partial charge in [0.1, 0.15) is 6.04 Å². The van der Waals surface area contributed by atoms with Crippen LogP contribution in [0.25, 0.3) is 0 Å². The summed E-state index contributed by atoms with van der Waals surface area (Å²) in [6.07, 6.45) is 0.786. The first-order valence-electron chi connectivity index (χ1n) is 9.76. The Hall–Kier alpha value is -2.33. The third-order valence-corrected chi connectivity index (χ3v) is 4.93. The summed E-state index contributed by atoms with van der Waals surface area (Å²) < 4.78 is 0. The summed E-state index contributed by atoms with van der Waals surface area (Å²) in [5.74, 6) is 0.132. The third-order valence-electron chi connectivity index (χ3n) is 4.56. The first-order chi connectivity index (χ1) is 13.4. The Kier molecular flexibility index (Phi) is 8.52. The van der Waals surface area contributed by atoms with Gasteiger partial charge < -0.3 is 10.2 Å². The molecule has 2 aromatic rings. The van der Waals surface area contributed by atoms with Crippen molar-refractivity contribution in [1.82, 2.24) is 10.2 Å². The van der Waals surface area contributed by atoms with Crippen molar-refractivity contribution in [2.75, 3.05) is 6.54 Å². The second kappa shape index (κ2) is 10.9. The maximum absolute atomic E-state index is 13.1. The smallest absolute Gasteiger partial charge is 0.243 e. The highest BCUT2D eigenvalue weighted by Gasteiger charge is 2.29. The van der Waals surface area contributed by atoms with Gasteiger partial charge in [-0.05, 0) is 23.1 Å². The minimum Gasteiger partial charge on any atom is -0.354 e. The number of benzene rings is 2. The van der Waals surface area contributed by atoms with Gasteiger partial charge in [0.15, 0.2) is 0 Å². The Morgan fingerprint density at radius 3 is 2.29 bits per heavy atom. The van der Waals surface area contributed by atoms with Crippen LogP contribution in [0.5, 0.6) is 0 Å². The predicted octanol–water partition coefficient (Wildman–Crippen LogP) is 4.46. The van der Waals surface area contributed by atoms with Crippen LogP contribution < -0.4 is 5.32 Å². The van der Waals surface area contributed by atoms with Gasteiger partial charge in [-0.1, -0.05) is 80.9 Å². The second-order valence-corrected chi connectivity index (χ2v) is 7.72. The normalized spacial score (nSPS) is 11.9. The van der Waals surface area contributed by atoms with Gasteiger partial charge in [-0.3, -0.25) is 9.59 Å². The van der Waals surface area contributed by atoms with Crippen LogP contribution in [0.2, 0.25) is 5.02 Å². The van der Waals surface area contributed by atoms with Crippen molar-refractivity contribution < 1.29 is 9.59 Å². The molecule has 2 rings (SSSR count). The highest BCUT2D eigenvalue weighted by Crippen LogP contribution is 2.21. The van der Waals surface area contributed by atoms with E-state index in [1.165, 1.54) is 0 Å². The average Bonchev–Trinajstić information content (AvgIpc) is 2.70. The molecule has 0 saturated heterocycles. The van der Waals surface area contributed by atoms with Crippen LogP contribution in [0.1, 0.15) is 38.3 Å². The fourth-order valence-corrected chi connectivity index (χ4v) is 3.19. The zero-order chi connectivity index (χ0) is 20.5. The Labute approximate surface area is 172 Å². The fourth-order valence-electron chi connectivity index (χ4n) is 2.99. The van der Waals surface area contributed by atoms with Crippen molar-refractivity contribution in [1.29, 1.82) is 0 Å². The van der Waals surface area contributed by atoms with E-state index in [1.807, 2.05) is 69.3 Å². The molecule has 2 amide bonds. The fraction of sp³-hybridized carbons (Fsp3) is 0.391. The van der Waals surface area contributed by atoms with Gasteiger partial charge in [-0.2, -0.15) is 0 Å². The summed E-state index contributed by atoms with van der Waals surface area (Å²) in [6.45, 7) is 6.78. The number of halogens is 1. The van der Waals surface area contributed by atoms with E-state index in [0.29, 0.717) is 36.9 Å². The molecule has 0 aliphatic heterocycles. The highest BCUT2D eigenvalue weighted by molar-refractivity contribution is 6.31. The predicted molar refractivity (Wildman–Crippen MR) is 114 cm³/mol. The maximum atomic E-state index is 13.1. The molecule has 1 N–H and O–H groups in total. The van der Waals surface area contributed by atoms with Crippen LogP contribution in [0.15, 0.2) is 54.6 Å². The maximum Gasteiger partial charge on any atom is 0.243 e. The van der Waals surface area contributed by atoms with Gasteiger partial charge in [-0.25, -0.2) is 0 Å². The summed E-state index contributed by atoms with van der Waals surface area (Å²) >= 11 is 6.32. The van der Waals surface area contributed by atoms with Crippen molar-refractivity contribution >= 4 is 23.4 Å². The quantitative estimate of drug-likeness (QED) is 0.675. The molecule has 5 heteroatoms. The monoisotopic (exact) mass is 400 g/mol. The molecule has 0 bridgehead atoms.